The molecule has 0 radical (unpaired) electrons. The predicted molar refractivity (Wildman–Crippen MR) is 115 cm³/mol. The zero-order valence-electron chi connectivity index (χ0n) is 16.5. The van der Waals surface area contributed by atoms with Crippen molar-refractivity contribution in [3.63, 3.8) is 0 Å². The number of para-hydroxylation sites is 1. The number of rotatable bonds is 4. The predicted octanol–water partition coefficient (Wildman–Crippen LogP) is 3.27. The molecule has 1 aliphatic heterocycles. The maximum atomic E-state index is 13.9. The van der Waals surface area contributed by atoms with E-state index in [1.807, 2.05) is 31.2 Å². The van der Waals surface area contributed by atoms with Gasteiger partial charge >= 0.3 is 0 Å². The van der Waals surface area contributed by atoms with E-state index < -0.39 is 23.8 Å². The van der Waals surface area contributed by atoms with E-state index >= 15 is 0 Å². The second-order valence-electron chi connectivity index (χ2n) is 7.24. The van der Waals surface area contributed by atoms with Crippen LogP contribution in [-0.2, 0) is 17.8 Å². The van der Waals surface area contributed by atoms with Crippen molar-refractivity contribution in [1.29, 1.82) is 0 Å². The van der Waals surface area contributed by atoms with Crippen LogP contribution in [0.25, 0.3) is 0 Å². The number of halogens is 2. The number of anilines is 2. The van der Waals surface area contributed by atoms with Gasteiger partial charge in [0.05, 0.1) is 5.69 Å². The van der Waals surface area contributed by atoms with Gasteiger partial charge in [0.25, 0.3) is 11.5 Å². The smallest absolute Gasteiger partial charge is 0.278 e. The van der Waals surface area contributed by atoms with Gasteiger partial charge in [-0.25, -0.2) is 9.07 Å². The fourth-order valence-corrected chi connectivity index (χ4v) is 3.75. The molecule has 0 bridgehead atoms. The van der Waals surface area contributed by atoms with Gasteiger partial charge < -0.3 is 10.2 Å². The van der Waals surface area contributed by atoms with E-state index in [2.05, 4.69) is 10.4 Å². The lowest BCUT2D eigenvalue weighted by Crippen LogP contribution is -2.38. The van der Waals surface area contributed by atoms with Crippen molar-refractivity contribution in [3.05, 3.63) is 87.0 Å². The summed E-state index contributed by atoms with van der Waals surface area (Å²) in [7, 11) is 0. The molecule has 4 rings (SSSR count). The summed E-state index contributed by atoms with van der Waals surface area (Å²) in [4.78, 5) is 39.3. The Morgan fingerprint density at radius 1 is 1.19 bits per heavy atom. The van der Waals surface area contributed by atoms with Crippen molar-refractivity contribution in [3.8, 4) is 0 Å². The zero-order chi connectivity index (χ0) is 22.1. The van der Waals surface area contributed by atoms with Crippen LogP contribution in [0.2, 0.25) is 5.02 Å². The molecular formula is C22H18ClFN4O3. The molecule has 7 nitrogen and oxygen atoms in total. The minimum Gasteiger partial charge on any atom is -0.322 e. The summed E-state index contributed by atoms with van der Waals surface area (Å²) in [6.45, 7) is 1.45. The summed E-state index contributed by atoms with van der Waals surface area (Å²) in [6, 6.07) is 13.9. The number of aromatic nitrogens is 2. The normalized spacial score (nSPS) is 14.9. The van der Waals surface area contributed by atoms with Crippen LogP contribution < -0.4 is 15.8 Å². The van der Waals surface area contributed by atoms with Gasteiger partial charge in [-0.2, -0.15) is 5.10 Å². The van der Waals surface area contributed by atoms with Gasteiger partial charge in [-0.05, 0) is 49.2 Å². The lowest BCUT2D eigenvalue weighted by atomic mass is 10.1. The Balaban J connectivity index is 1.55. The Labute approximate surface area is 182 Å². The molecule has 1 atom stereocenters. The summed E-state index contributed by atoms with van der Waals surface area (Å²) < 4.78 is 14.8. The topological polar surface area (TPSA) is 84.3 Å². The molecular weight excluding hydrogens is 423 g/mol. The monoisotopic (exact) mass is 440 g/mol. The minimum absolute atomic E-state index is 0.0358. The first kappa shape index (κ1) is 20.7. The van der Waals surface area contributed by atoms with Crippen LogP contribution in [0.1, 0.15) is 23.0 Å². The summed E-state index contributed by atoms with van der Waals surface area (Å²) in [5.41, 5.74) is 1.26. The van der Waals surface area contributed by atoms with Gasteiger partial charge in [0, 0.05) is 22.8 Å². The third-order valence-electron chi connectivity index (χ3n) is 5.01. The maximum absolute atomic E-state index is 13.9. The third-order valence-corrected chi connectivity index (χ3v) is 5.25. The molecule has 158 valence electrons. The summed E-state index contributed by atoms with van der Waals surface area (Å²) >= 11 is 5.70. The van der Waals surface area contributed by atoms with Crippen LogP contribution in [-0.4, -0.2) is 27.6 Å². The van der Waals surface area contributed by atoms with Crippen molar-refractivity contribution >= 4 is 34.8 Å². The number of hydrogen-bond acceptors (Lipinski definition) is 4. The van der Waals surface area contributed by atoms with Crippen LogP contribution in [0, 0.1) is 5.82 Å². The number of carbonyl (C=O) groups excluding carboxylic acids is 2. The molecule has 2 amide bonds. The second-order valence-corrected chi connectivity index (χ2v) is 7.68. The number of benzene rings is 2. The van der Waals surface area contributed by atoms with E-state index in [4.69, 9.17) is 11.6 Å². The fourth-order valence-electron chi connectivity index (χ4n) is 3.59. The van der Waals surface area contributed by atoms with Crippen LogP contribution in [0.3, 0.4) is 0 Å². The molecule has 2 heterocycles. The third kappa shape index (κ3) is 4.20. The van der Waals surface area contributed by atoms with Crippen molar-refractivity contribution in [2.24, 2.45) is 0 Å². The highest BCUT2D eigenvalue weighted by atomic mass is 35.5. The molecule has 1 aliphatic rings. The largest absolute Gasteiger partial charge is 0.322 e. The van der Waals surface area contributed by atoms with Crippen molar-refractivity contribution in [2.45, 2.75) is 25.9 Å². The zero-order valence-corrected chi connectivity index (χ0v) is 17.3. The second kappa shape index (κ2) is 8.31. The van der Waals surface area contributed by atoms with E-state index in [0.29, 0.717) is 0 Å². The van der Waals surface area contributed by atoms with Gasteiger partial charge in [-0.1, -0.05) is 29.8 Å². The first-order chi connectivity index (χ1) is 14.8. The van der Waals surface area contributed by atoms with Gasteiger partial charge in [0.15, 0.2) is 0 Å². The Morgan fingerprint density at radius 3 is 2.74 bits per heavy atom. The molecule has 31 heavy (non-hydrogen) atoms. The minimum atomic E-state index is -0.702. The van der Waals surface area contributed by atoms with Crippen molar-refractivity contribution in [2.75, 3.05) is 10.2 Å². The molecule has 0 fully saturated rings. The summed E-state index contributed by atoms with van der Waals surface area (Å²) in [6.07, 6.45) is 0.719. The Kier molecular flexibility index (Phi) is 5.56. The fraction of sp³-hybridized carbons (Fsp3) is 0.182. The first-order valence-electron chi connectivity index (χ1n) is 9.58. The molecule has 9 heteroatoms. The molecule has 0 aliphatic carbocycles. The molecule has 1 aromatic heterocycles. The summed E-state index contributed by atoms with van der Waals surface area (Å²) in [5.74, 6) is -1.73. The van der Waals surface area contributed by atoms with E-state index in [1.165, 1.54) is 24.3 Å². The molecule has 0 unspecified atom stereocenters. The van der Waals surface area contributed by atoms with E-state index in [9.17, 15) is 18.8 Å². The first-order valence-corrected chi connectivity index (χ1v) is 9.96. The molecule has 0 saturated carbocycles. The van der Waals surface area contributed by atoms with Crippen LogP contribution in [0.15, 0.2) is 59.4 Å². The number of nitrogens with one attached hydrogen (secondary N) is 1. The van der Waals surface area contributed by atoms with Gasteiger partial charge in [-0.15, -0.1) is 0 Å². The number of amides is 2. The highest BCUT2D eigenvalue weighted by Gasteiger charge is 2.32. The van der Waals surface area contributed by atoms with E-state index in [1.54, 1.807) is 4.90 Å². The standard InChI is InChI=1S/C22H18ClFN4O3/c1-13-10-14-4-2-3-5-19(14)28(13)22(31)18-8-9-21(30)27(26-18)12-20(29)25-17-7-6-15(23)11-16(17)24/h2-9,11,13H,10,12H2,1H3,(H,25,29)/t13-/m1/s1. The summed E-state index contributed by atoms with van der Waals surface area (Å²) in [5, 5.41) is 6.64. The van der Waals surface area contributed by atoms with Crippen molar-refractivity contribution < 1.29 is 14.0 Å². The Hall–Kier alpha value is -3.52. The average Bonchev–Trinajstić information content (AvgIpc) is 3.07. The van der Waals surface area contributed by atoms with Gasteiger partial charge in [0.1, 0.15) is 18.1 Å². The maximum Gasteiger partial charge on any atom is 0.278 e. The quantitative estimate of drug-likeness (QED) is 0.674. The van der Waals surface area contributed by atoms with Crippen molar-refractivity contribution in [1.82, 2.24) is 9.78 Å². The molecule has 2 aromatic carbocycles. The number of hydrogen-bond donors (Lipinski definition) is 1. The molecule has 0 saturated heterocycles. The van der Waals surface area contributed by atoms with E-state index in [-0.39, 0.29) is 28.4 Å². The molecule has 0 spiro atoms. The number of fused-ring (bicyclic) bond motifs is 1. The van der Waals surface area contributed by atoms with Crippen LogP contribution in [0.5, 0.6) is 0 Å². The van der Waals surface area contributed by atoms with E-state index in [0.717, 1.165) is 28.4 Å². The molecule has 3 aromatic rings. The van der Waals surface area contributed by atoms with Gasteiger partial charge in [-0.3, -0.25) is 14.4 Å². The van der Waals surface area contributed by atoms with Crippen LogP contribution in [0.4, 0.5) is 15.8 Å². The highest BCUT2D eigenvalue weighted by molar-refractivity contribution is 6.30. The average molecular weight is 441 g/mol. The SMILES string of the molecule is C[C@@H]1Cc2ccccc2N1C(=O)c1ccc(=O)n(CC(=O)Nc2ccc(Cl)cc2F)n1. The number of nitrogens with zero attached hydrogens (tertiary/aromatic N) is 3. The van der Waals surface area contributed by atoms with Crippen LogP contribution >= 0.6 is 11.6 Å². The van der Waals surface area contributed by atoms with Gasteiger partial charge in [0.2, 0.25) is 5.91 Å². The molecule has 1 N–H and O–H groups in total. The Bertz CT molecular complexity index is 1240. The number of carbonyl (C=O) groups is 2. The lowest BCUT2D eigenvalue weighted by Gasteiger charge is -2.22. The Morgan fingerprint density at radius 2 is 1.97 bits per heavy atom. The highest BCUT2D eigenvalue weighted by Crippen LogP contribution is 2.32. The lowest BCUT2D eigenvalue weighted by molar-refractivity contribution is -0.117.